The van der Waals surface area contributed by atoms with Gasteiger partial charge < -0.3 is 15.0 Å². The molecule has 0 spiro atoms. The van der Waals surface area contributed by atoms with Crippen LogP contribution in [0.3, 0.4) is 0 Å². The molecule has 0 saturated carbocycles. The summed E-state index contributed by atoms with van der Waals surface area (Å²) in [4.78, 5) is 25.2. The summed E-state index contributed by atoms with van der Waals surface area (Å²) in [6, 6.07) is 3.76. The summed E-state index contributed by atoms with van der Waals surface area (Å²) in [7, 11) is 1.41. The number of nitrogens with one attached hydrogen (secondary N) is 2. The highest BCUT2D eigenvalue weighted by Gasteiger charge is 2.19. The van der Waals surface area contributed by atoms with Crippen molar-refractivity contribution in [2.75, 3.05) is 13.7 Å². The lowest BCUT2D eigenvalue weighted by Crippen LogP contribution is -2.28. The fraction of sp³-hybridized carbons (Fsp3) is 0.571. The molecule has 0 radical (unpaired) electrons. The number of rotatable bonds is 5. The number of esters is 1. The first kappa shape index (κ1) is 13.8. The molecule has 5 heteroatoms. The van der Waals surface area contributed by atoms with Gasteiger partial charge in [-0.05, 0) is 37.8 Å². The third-order valence-electron chi connectivity index (χ3n) is 3.51. The molecule has 0 fully saturated rings. The quantitative estimate of drug-likeness (QED) is 0.621. The van der Waals surface area contributed by atoms with Crippen LogP contribution in [0.5, 0.6) is 0 Å². The number of aryl methyl sites for hydroxylation is 1. The van der Waals surface area contributed by atoms with Crippen molar-refractivity contribution in [1.82, 2.24) is 10.3 Å². The molecule has 104 valence electrons. The van der Waals surface area contributed by atoms with Crippen molar-refractivity contribution < 1.29 is 9.53 Å². The van der Waals surface area contributed by atoms with Gasteiger partial charge in [0.15, 0.2) is 0 Å². The standard InChI is InChI=1S/C14H20N2O3/c1-19-14(18)6-3-9-15-11-4-2-5-12-10(11)7-8-13(17)16-12/h7-8,11,15H,2-6,9H2,1H3,(H,16,17). The highest BCUT2D eigenvalue weighted by molar-refractivity contribution is 5.69. The van der Waals surface area contributed by atoms with Gasteiger partial charge in [-0.15, -0.1) is 0 Å². The molecule has 1 aliphatic carbocycles. The van der Waals surface area contributed by atoms with Gasteiger partial charge in [0.05, 0.1) is 7.11 Å². The molecule has 1 unspecified atom stereocenters. The van der Waals surface area contributed by atoms with Gasteiger partial charge in [-0.3, -0.25) is 9.59 Å². The molecular formula is C14H20N2O3. The first-order chi connectivity index (χ1) is 9.20. The second-order valence-corrected chi connectivity index (χ2v) is 4.84. The SMILES string of the molecule is COC(=O)CCCNC1CCCc2[nH]c(=O)ccc21. The van der Waals surface area contributed by atoms with Crippen LogP contribution >= 0.6 is 0 Å². The van der Waals surface area contributed by atoms with Crippen molar-refractivity contribution in [3.8, 4) is 0 Å². The average Bonchev–Trinajstić information content (AvgIpc) is 2.42. The lowest BCUT2D eigenvalue weighted by Gasteiger charge is -2.26. The Morgan fingerprint density at radius 1 is 1.53 bits per heavy atom. The molecule has 1 aromatic heterocycles. The Labute approximate surface area is 112 Å². The molecule has 0 amide bonds. The Hall–Kier alpha value is -1.62. The van der Waals surface area contributed by atoms with Crippen LogP contribution in [0, 0.1) is 0 Å². The molecule has 0 aromatic carbocycles. The Morgan fingerprint density at radius 3 is 3.16 bits per heavy atom. The zero-order valence-corrected chi connectivity index (χ0v) is 11.2. The van der Waals surface area contributed by atoms with Crippen molar-refractivity contribution in [3.63, 3.8) is 0 Å². The van der Waals surface area contributed by atoms with E-state index < -0.39 is 0 Å². The number of pyridine rings is 1. The molecule has 0 bridgehead atoms. The van der Waals surface area contributed by atoms with E-state index in [4.69, 9.17) is 0 Å². The van der Waals surface area contributed by atoms with Gasteiger partial charge in [-0.25, -0.2) is 0 Å². The minimum atomic E-state index is -0.171. The molecule has 1 aromatic rings. The molecule has 1 atom stereocenters. The number of aromatic nitrogens is 1. The third-order valence-corrected chi connectivity index (χ3v) is 3.51. The van der Waals surface area contributed by atoms with Gasteiger partial charge in [0.1, 0.15) is 0 Å². The zero-order chi connectivity index (χ0) is 13.7. The fourth-order valence-electron chi connectivity index (χ4n) is 2.52. The largest absolute Gasteiger partial charge is 0.469 e. The predicted molar refractivity (Wildman–Crippen MR) is 72.0 cm³/mol. The van der Waals surface area contributed by atoms with Crippen LogP contribution in [0.4, 0.5) is 0 Å². The molecule has 5 nitrogen and oxygen atoms in total. The number of aromatic amines is 1. The average molecular weight is 264 g/mol. The van der Waals surface area contributed by atoms with Crippen molar-refractivity contribution in [2.45, 2.75) is 38.1 Å². The number of hydrogen-bond donors (Lipinski definition) is 2. The summed E-state index contributed by atoms with van der Waals surface area (Å²) in [5.41, 5.74) is 2.19. The van der Waals surface area contributed by atoms with Crippen molar-refractivity contribution in [1.29, 1.82) is 0 Å². The second kappa shape index (κ2) is 6.52. The smallest absolute Gasteiger partial charge is 0.305 e. The number of hydrogen-bond acceptors (Lipinski definition) is 4. The van der Waals surface area contributed by atoms with Crippen LogP contribution in [-0.2, 0) is 16.0 Å². The predicted octanol–water partition coefficient (Wildman–Crippen LogP) is 1.30. The van der Waals surface area contributed by atoms with Crippen LogP contribution in [0.25, 0.3) is 0 Å². The number of H-pyrrole nitrogens is 1. The van der Waals surface area contributed by atoms with Crippen molar-refractivity contribution >= 4 is 5.97 Å². The van der Waals surface area contributed by atoms with Gasteiger partial charge in [0, 0.05) is 24.2 Å². The first-order valence-electron chi connectivity index (χ1n) is 6.73. The minimum Gasteiger partial charge on any atom is -0.469 e. The molecule has 19 heavy (non-hydrogen) atoms. The van der Waals surface area contributed by atoms with Crippen molar-refractivity contribution in [3.05, 3.63) is 33.7 Å². The molecular weight excluding hydrogens is 244 g/mol. The summed E-state index contributed by atoms with van der Waals surface area (Å²) < 4.78 is 4.61. The number of carbonyl (C=O) groups excluding carboxylic acids is 1. The monoisotopic (exact) mass is 264 g/mol. The lowest BCUT2D eigenvalue weighted by molar-refractivity contribution is -0.140. The number of fused-ring (bicyclic) bond motifs is 1. The first-order valence-corrected chi connectivity index (χ1v) is 6.73. The van der Waals surface area contributed by atoms with Crippen LogP contribution in [-0.4, -0.2) is 24.6 Å². The van der Waals surface area contributed by atoms with E-state index in [0.717, 1.165) is 37.9 Å². The van der Waals surface area contributed by atoms with Gasteiger partial charge >= 0.3 is 5.97 Å². The topological polar surface area (TPSA) is 71.2 Å². The Bertz CT molecular complexity index is 496. The Morgan fingerprint density at radius 2 is 2.37 bits per heavy atom. The van der Waals surface area contributed by atoms with Crippen molar-refractivity contribution in [2.24, 2.45) is 0 Å². The second-order valence-electron chi connectivity index (χ2n) is 4.84. The number of methoxy groups -OCH3 is 1. The zero-order valence-electron chi connectivity index (χ0n) is 11.2. The molecule has 2 rings (SSSR count). The molecule has 1 aliphatic rings. The number of ether oxygens (including phenoxy) is 1. The molecule has 2 N–H and O–H groups in total. The van der Waals surface area contributed by atoms with E-state index in [0.29, 0.717) is 6.42 Å². The third kappa shape index (κ3) is 3.67. The minimum absolute atomic E-state index is 0.0370. The van der Waals surface area contributed by atoms with Crippen LogP contribution < -0.4 is 10.9 Å². The summed E-state index contributed by atoms with van der Waals surface area (Å²) in [6.45, 7) is 0.776. The van der Waals surface area contributed by atoms with E-state index in [-0.39, 0.29) is 17.6 Å². The van der Waals surface area contributed by atoms with Gasteiger partial charge in [-0.1, -0.05) is 6.07 Å². The highest BCUT2D eigenvalue weighted by atomic mass is 16.5. The van der Waals surface area contributed by atoms with Crippen LogP contribution in [0.2, 0.25) is 0 Å². The Balaban J connectivity index is 1.89. The summed E-state index contributed by atoms with van der Waals surface area (Å²) in [5.74, 6) is -0.171. The molecule has 1 heterocycles. The van der Waals surface area contributed by atoms with Gasteiger partial charge in [0.25, 0.3) is 0 Å². The summed E-state index contributed by atoms with van der Waals surface area (Å²) >= 11 is 0. The van der Waals surface area contributed by atoms with E-state index in [1.807, 2.05) is 6.07 Å². The maximum absolute atomic E-state index is 11.3. The molecule has 0 aliphatic heterocycles. The van der Waals surface area contributed by atoms with Crippen LogP contribution in [0.1, 0.15) is 43.0 Å². The van der Waals surface area contributed by atoms with Gasteiger partial charge in [-0.2, -0.15) is 0 Å². The summed E-state index contributed by atoms with van der Waals surface area (Å²) in [5, 5.41) is 3.45. The maximum atomic E-state index is 11.3. The summed E-state index contributed by atoms with van der Waals surface area (Å²) in [6.07, 6.45) is 4.28. The van der Waals surface area contributed by atoms with E-state index in [1.54, 1.807) is 6.07 Å². The lowest BCUT2D eigenvalue weighted by atomic mass is 9.91. The number of carbonyl (C=O) groups is 1. The van der Waals surface area contributed by atoms with E-state index in [2.05, 4.69) is 15.0 Å². The van der Waals surface area contributed by atoms with E-state index in [1.165, 1.54) is 12.7 Å². The van der Waals surface area contributed by atoms with Crippen LogP contribution in [0.15, 0.2) is 16.9 Å². The normalized spacial score (nSPS) is 17.8. The van der Waals surface area contributed by atoms with E-state index >= 15 is 0 Å². The molecule has 0 saturated heterocycles. The van der Waals surface area contributed by atoms with E-state index in [9.17, 15) is 9.59 Å². The maximum Gasteiger partial charge on any atom is 0.305 e. The fourth-order valence-corrected chi connectivity index (χ4v) is 2.52. The van der Waals surface area contributed by atoms with Gasteiger partial charge in [0.2, 0.25) is 5.56 Å². The Kier molecular flexibility index (Phi) is 4.74. The highest BCUT2D eigenvalue weighted by Crippen LogP contribution is 2.27.